The molecule has 2 aromatic carbocycles. The molecule has 0 bridgehead atoms. The monoisotopic (exact) mass is 409 g/mol. The summed E-state index contributed by atoms with van der Waals surface area (Å²) in [6, 6.07) is 17.3. The summed E-state index contributed by atoms with van der Waals surface area (Å²) in [6.45, 7) is 3.08. The minimum atomic E-state index is -0.211. The first-order valence-electron chi connectivity index (χ1n) is 10.3. The van der Waals surface area contributed by atoms with E-state index in [1.807, 2.05) is 59.5 Å². The van der Waals surface area contributed by atoms with Crippen LogP contribution in [0.4, 0.5) is 5.69 Å². The van der Waals surface area contributed by atoms with Crippen LogP contribution in [0.3, 0.4) is 0 Å². The summed E-state index contributed by atoms with van der Waals surface area (Å²) in [5.74, 6) is 0.664. The molecule has 2 aliphatic rings. The second-order valence-electron chi connectivity index (χ2n) is 7.63. The van der Waals surface area contributed by atoms with Crippen molar-refractivity contribution in [3.8, 4) is 5.75 Å². The Morgan fingerprint density at radius 2 is 1.63 bits per heavy atom. The lowest BCUT2D eigenvalue weighted by atomic mass is 10.0. The van der Waals surface area contributed by atoms with Gasteiger partial charge in [0.15, 0.2) is 0 Å². The number of morpholine rings is 1. The van der Waals surface area contributed by atoms with Crippen molar-refractivity contribution in [1.82, 2.24) is 9.80 Å². The molecule has 0 spiro atoms. The number of anilines is 1. The molecule has 0 aromatic heterocycles. The molecule has 7 heteroatoms. The van der Waals surface area contributed by atoms with Crippen LogP contribution in [0.1, 0.15) is 11.6 Å². The van der Waals surface area contributed by atoms with Crippen molar-refractivity contribution >= 4 is 17.5 Å². The fraction of sp³-hybridized carbons (Fsp3) is 0.391. The van der Waals surface area contributed by atoms with Gasteiger partial charge in [-0.3, -0.25) is 19.4 Å². The molecule has 0 radical (unpaired) electrons. The first kappa shape index (κ1) is 20.4. The molecule has 2 heterocycles. The SMILES string of the molecule is CN(CC(=O)N1CCOCC1)CC(=O)N1c2ccccc2OC[C@H]1c1ccccc1. The van der Waals surface area contributed by atoms with Crippen molar-refractivity contribution in [2.75, 3.05) is 57.9 Å². The second kappa shape index (κ2) is 9.28. The molecule has 0 aliphatic carbocycles. The van der Waals surface area contributed by atoms with Gasteiger partial charge in [0.25, 0.3) is 0 Å². The van der Waals surface area contributed by atoms with Gasteiger partial charge in [-0.1, -0.05) is 42.5 Å². The maximum atomic E-state index is 13.4. The summed E-state index contributed by atoms with van der Waals surface area (Å²) in [7, 11) is 1.81. The van der Waals surface area contributed by atoms with Gasteiger partial charge in [-0.15, -0.1) is 0 Å². The normalized spacial score (nSPS) is 18.7. The van der Waals surface area contributed by atoms with E-state index in [2.05, 4.69) is 0 Å². The predicted octanol–water partition coefficient (Wildman–Crippen LogP) is 1.94. The smallest absolute Gasteiger partial charge is 0.241 e. The van der Waals surface area contributed by atoms with E-state index in [9.17, 15) is 9.59 Å². The third-order valence-corrected chi connectivity index (χ3v) is 5.46. The van der Waals surface area contributed by atoms with Crippen LogP contribution in [-0.2, 0) is 14.3 Å². The van der Waals surface area contributed by atoms with Crippen LogP contribution in [0.2, 0.25) is 0 Å². The summed E-state index contributed by atoms with van der Waals surface area (Å²) in [5.41, 5.74) is 1.78. The summed E-state index contributed by atoms with van der Waals surface area (Å²) in [4.78, 5) is 31.3. The van der Waals surface area contributed by atoms with Crippen molar-refractivity contribution in [3.05, 3.63) is 60.2 Å². The Hall–Kier alpha value is -2.90. The molecule has 2 amide bonds. The highest BCUT2D eigenvalue weighted by molar-refractivity contribution is 5.97. The molecular weight excluding hydrogens is 382 g/mol. The number of likely N-dealkylation sites (N-methyl/N-ethyl adjacent to an activating group) is 1. The molecule has 0 saturated carbocycles. The minimum Gasteiger partial charge on any atom is -0.489 e. The molecule has 2 aliphatic heterocycles. The van der Waals surface area contributed by atoms with Gasteiger partial charge in [-0.05, 0) is 24.7 Å². The van der Waals surface area contributed by atoms with Crippen LogP contribution in [0.15, 0.2) is 54.6 Å². The van der Waals surface area contributed by atoms with Gasteiger partial charge in [0.2, 0.25) is 11.8 Å². The lowest BCUT2D eigenvalue weighted by Crippen LogP contribution is -2.48. The highest BCUT2D eigenvalue weighted by Gasteiger charge is 2.33. The number of rotatable bonds is 5. The van der Waals surface area contributed by atoms with E-state index in [1.165, 1.54) is 0 Å². The maximum absolute atomic E-state index is 13.4. The Balaban J connectivity index is 1.50. The first-order valence-corrected chi connectivity index (χ1v) is 10.3. The molecular formula is C23H27N3O4. The number of ether oxygens (including phenoxy) is 2. The van der Waals surface area contributed by atoms with Crippen molar-refractivity contribution in [1.29, 1.82) is 0 Å². The van der Waals surface area contributed by atoms with Gasteiger partial charge in [0, 0.05) is 13.1 Å². The van der Waals surface area contributed by atoms with Gasteiger partial charge in [0.1, 0.15) is 12.4 Å². The Morgan fingerprint density at radius 1 is 0.967 bits per heavy atom. The van der Waals surface area contributed by atoms with E-state index in [0.717, 1.165) is 11.3 Å². The van der Waals surface area contributed by atoms with Gasteiger partial charge < -0.3 is 14.4 Å². The first-order chi connectivity index (χ1) is 14.6. The lowest BCUT2D eigenvalue weighted by Gasteiger charge is -2.38. The average Bonchev–Trinajstić information content (AvgIpc) is 2.79. The van der Waals surface area contributed by atoms with E-state index >= 15 is 0 Å². The van der Waals surface area contributed by atoms with Crippen molar-refractivity contribution in [2.45, 2.75) is 6.04 Å². The Morgan fingerprint density at radius 3 is 2.40 bits per heavy atom. The van der Waals surface area contributed by atoms with E-state index in [1.54, 1.807) is 16.8 Å². The fourth-order valence-electron chi connectivity index (χ4n) is 3.92. The third kappa shape index (κ3) is 4.47. The van der Waals surface area contributed by atoms with Gasteiger partial charge in [0.05, 0.1) is 38.0 Å². The molecule has 2 aromatic rings. The number of fused-ring (bicyclic) bond motifs is 1. The van der Waals surface area contributed by atoms with Gasteiger partial charge >= 0.3 is 0 Å². The molecule has 7 nitrogen and oxygen atoms in total. The number of hydrogen-bond donors (Lipinski definition) is 0. The summed E-state index contributed by atoms with van der Waals surface area (Å²) in [6.07, 6.45) is 0. The molecule has 1 saturated heterocycles. The topological polar surface area (TPSA) is 62.3 Å². The largest absolute Gasteiger partial charge is 0.489 e. The molecule has 4 rings (SSSR count). The third-order valence-electron chi connectivity index (χ3n) is 5.46. The van der Waals surface area contributed by atoms with Gasteiger partial charge in [-0.2, -0.15) is 0 Å². The zero-order chi connectivity index (χ0) is 20.9. The number of carbonyl (C=O) groups is 2. The fourth-order valence-corrected chi connectivity index (χ4v) is 3.92. The number of hydrogen-bond acceptors (Lipinski definition) is 5. The Kier molecular flexibility index (Phi) is 6.30. The van der Waals surface area contributed by atoms with Crippen LogP contribution in [0.5, 0.6) is 5.75 Å². The Labute approximate surface area is 176 Å². The lowest BCUT2D eigenvalue weighted by molar-refractivity contribution is -0.136. The molecule has 1 atom stereocenters. The summed E-state index contributed by atoms with van der Waals surface area (Å²) >= 11 is 0. The summed E-state index contributed by atoms with van der Waals surface area (Å²) < 4.78 is 11.2. The van der Waals surface area contributed by atoms with Crippen LogP contribution in [0, 0.1) is 0 Å². The molecule has 30 heavy (non-hydrogen) atoms. The molecule has 1 fully saturated rings. The van der Waals surface area contributed by atoms with Crippen LogP contribution in [-0.4, -0.2) is 74.7 Å². The quantitative estimate of drug-likeness (QED) is 0.755. The van der Waals surface area contributed by atoms with Gasteiger partial charge in [-0.25, -0.2) is 0 Å². The molecule has 0 unspecified atom stereocenters. The van der Waals surface area contributed by atoms with Crippen LogP contribution >= 0.6 is 0 Å². The van der Waals surface area contributed by atoms with E-state index < -0.39 is 0 Å². The highest BCUT2D eigenvalue weighted by Crippen LogP contribution is 2.39. The molecule has 158 valence electrons. The standard InChI is InChI=1S/C23H27N3O4/c1-24(15-22(27)25-11-13-29-14-12-25)16-23(28)26-19-9-5-6-10-21(19)30-17-20(26)18-7-3-2-4-8-18/h2-10,20H,11-17H2,1H3/t20-/m0/s1. The van der Waals surface area contributed by atoms with E-state index in [4.69, 9.17) is 9.47 Å². The number of benzene rings is 2. The number of nitrogens with zero attached hydrogens (tertiary/aromatic N) is 3. The van der Waals surface area contributed by atoms with E-state index in [0.29, 0.717) is 38.7 Å². The maximum Gasteiger partial charge on any atom is 0.241 e. The van der Waals surface area contributed by atoms with E-state index in [-0.39, 0.29) is 30.9 Å². The number of carbonyl (C=O) groups excluding carboxylic acids is 2. The number of amides is 2. The Bertz CT molecular complexity index is 883. The molecule has 0 N–H and O–H groups in total. The summed E-state index contributed by atoms with van der Waals surface area (Å²) in [5, 5.41) is 0. The van der Waals surface area contributed by atoms with Crippen LogP contribution in [0.25, 0.3) is 0 Å². The zero-order valence-corrected chi connectivity index (χ0v) is 17.2. The van der Waals surface area contributed by atoms with Crippen molar-refractivity contribution in [3.63, 3.8) is 0 Å². The number of para-hydroxylation sites is 2. The zero-order valence-electron chi connectivity index (χ0n) is 17.2. The predicted molar refractivity (Wildman–Crippen MR) is 114 cm³/mol. The minimum absolute atomic E-state index is 0.0237. The average molecular weight is 409 g/mol. The second-order valence-corrected chi connectivity index (χ2v) is 7.63. The van der Waals surface area contributed by atoms with Crippen LogP contribution < -0.4 is 9.64 Å². The van der Waals surface area contributed by atoms with Crippen molar-refractivity contribution in [2.24, 2.45) is 0 Å². The van der Waals surface area contributed by atoms with Crippen molar-refractivity contribution < 1.29 is 19.1 Å². The highest BCUT2D eigenvalue weighted by atomic mass is 16.5.